The maximum absolute atomic E-state index is 5.98. The van der Waals surface area contributed by atoms with Crippen molar-refractivity contribution >= 4 is 11.6 Å². The predicted molar refractivity (Wildman–Crippen MR) is 70.1 cm³/mol. The van der Waals surface area contributed by atoms with Crippen LogP contribution in [0.1, 0.15) is 37.3 Å². The quantitative estimate of drug-likeness (QED) is 0.872. The first-order valence-corrected chi connectivity index (χ1v) is 6.09. The molecule has 3 heteroatoms. The van der Waals surface area contributed by atoms with Gasteiger partial charge in [0.1, 0.15) is 5.76 Å². The molecule has 2 atom stereocenters. The van der Waals surface area contributed by atoms with E-state index in [0.29, 0.717) is 0 Å². The average molecular weight is 250 g/mol. The largest absolute Gasteiger partial charge is 0.468 e. The molecule has 0 fully saturated rings. The van der Waals surface area contributed by atoms with Crippen LogP contribution in [-0.2, 0) is 0 Å². The standard InChI is InChI=1S/C14H16ClNO/c1-10(12-5-3-6-13(15)9-12)16-11(2)14-7-4-8-17-14/h3-11,16H,1-2H3/t10-,11?/m0/s1. The van der Waals surface area contributed by atoms with E-state index in [4.69, 9.17) is 16.0 Å². The number of rotatable bonds is 4. The minimum absolute atomic E-state index is 0.180. The summed E-state index contributed by atoms with van der Waals surface area (Å²) < 4.78 is 5.37. The molecule has 0 radical (unpaired) electrons. The zero-order valence-corrected chi connectivity index (χ0v) is 10.7. The van der Waals surface area contributed by atoms with Crippen LogP contribution in [0.5, 0.6) is 0 Å². The van der Waals surface area contributed by atoms with Crippen molar-refractivity contribution in [1.29, 1.82) is 0 Å². The van der Waals surface area contributed by atoms with Crippen LogP contribution in [0.3, 0.4) is 0 Å². The number of hydrogen-bond donors (Lipinski definition) is 1. The second-order valence-corrected chi connectivity index (χ2v) is 4.62. The molecule has 0 aliphatic heterocycles. The van der Waals surface area contributed by atoms with Crippen molar-refractivity contribution in [2.75, 3.05) is 0 Å². The third-order valence-electron chi connectivity index (χ3n) is 2.82. The fourth-order valence-electron chi connectivity index (χ4n) is 1.87. The van der Waals surface area contributed by atoms with Gasteiger partial charge in [-0.1, -0.05) is 23.7 Å². The summed E-state index contributed by atoms with van der Waals surface area (Å²) in [6.07, 6.45) is 1.69. The van der Waals surface area contributed by atoms with Crippen LogP contribution >= 0.6 is 11.6 Å². The highest BCUT2D eigenvalue weighted by Gasteiger charge is 2.12. The highest BCUT2D eigenvalue weighted by atomic mass is 35.5. The van der Waals surface area contributed by atoms with E-state index in [1.807, 2.05) is 30.3 Å². The zero-order chi connectivity index (χ0) is 12.3. The summed E-state index contributed by atoms with van der Waals surface area (Å²) in [6.45, 7) is 4.20. The molecule has 1 N–H and O–H groups in total. The summed E-state index contributed by atoms with van der Waals surface area (Å²) in [4.78, 5) is 0. The Labute approximate surface area is 107 Å². The molecule has 2 aromatic rings. The third-order valence-corrected chi connectivity index (χ3v) is 3.05. The van der Waals surface area contributed by atoms with Gasteiger partial charge < -0.3 is 9.73 Å². The van der Waals surface area contributed by atoms with E-state index in [1.54, 1.807) is 6.26 Å². The number of halogens is 1. The predicted octanol–water partition coefficient (Wildman–Crippen LogP) is 4.34. The van der Waals surface area contributed by atoms with Crippen LogP contribution in [-0.4, -0.2) is 0 Å². The Morgan fingerprint density at radius 1 is 1.12 bits per heavy atom. The number of furan rings is 1. The van der Waals surface area contributed by atoms with Gasteiger partial charge in [0.2, 0.25) is 0 Å². The van der Waals surface area contributed by atoms with E-state index in [-0.39, 0.29) is 12.1 Å². The molecule has 0 spiro atoms. The molecular weight excluding hydrogens is 234 g/mol. The summed E-state index contributed by atoms with van der Waals surface area (Å²) in [7, 11) is 0. The summed E-state index contributed by atoms with van der Waals surface area (Å²) in [5.74, 6) is 0.943. The van der Waals surface area contributed by atoms with Crippen LogP contribution in [0, 0.1) is 0 Å². The van der Waals surface area contributed by atoms with Crippen molar-refractivity contribution in [1.82, 2.24) is 5.32 Å². The van der Waals surface area contributed by atoms with Crippen LogP contribution in [0.2, 0.25) is 5.02 Å². The molecule has 1 unspecified atom stereocenters. The van der Waals surface area contributed by atoms with Gasteiger partial charge in [0.05, 0.1) is 12.3 Å². The highest BCUT2D eigenvalue weighted by molar-refractivity contribution is 6.30. The molecule has 1 aromatic carbocycles. The molecule has 17 heavy (non-hydrogen) atoms. The molecule has 0 aliphatic rings. The number of benzene rings is 1. The minimum Gasteiger partial charge on any atom is -0.468 e. The second kappa shape index (κ2) is 5.39. The Hall–Kier alpha value is -1.25. The average Bonchev–Trinajstić information content (AvgIpc) is 2.82. The molecule has 2 nitrogen and oxygen atoms in total. The van der Waals surface area contributed by atoms with Crippen molar-refractivity contribution in [3.8, 4) is 0 Å². The van der Waals surface area contributed by atoms with Gasteiger partial charge in [-0.2, -0.15) is 0 Å². The molecular formula is C14H16ClNO. The van der Waals surface area contributed by atoms with Gasteiger partial charge in [0, 0.05) is 11.1 Å². The lowest BCUT2D eigenvalue weighted by Gasteiger charge is -2.19. The molecule has 0 saturated carbocycles. The van der Waals surface area contributed by atoms with Crippen LogP contribution in [0.4, 0.5) is 0 Å². The van der Waals surface area contributed by atoms with E-state index >= 15 is 0 Å². The van der Waals surface area contributed by atoms with Crippen molar-refractivity contribution in [2.24, 2.45) is 0 Å². The maximum Gasteiger partial charge on any atom is 0.120 e. The lowest BCUT2D eigenvalue weighted by Crippen LogP contribution is -2.22. The lowest BCUT2D eigenvalue weighted by atomic mass is 10.1. The van der Waals surface area contributed by atoms with E-state index in [2.05, 4.69) is 25.2 Å². The van der Waals surface area contributed by atoms with Crippen molar-refractivity contribution in [3.63, 3.8) is 0 Å². The number of hydrogen-bond acceptors (Lipinski definition) is 2. The van der Waals surface area contributed by atoms with Gasteiger partial charge in [-0.05, 0) is 43.7 Å². The van der Waals surface area contributed by atoms with E-state index in [9.17, 15) is 0 Å². The van der Waals surface area contributed by atoms with Gasteiger partial charge >= 0.3 is 0 Å². The second-order valence-electron chi connectivity index (χ2n) is 4.18. The fourth-order valence-corrected chi connectivity index (χ4v) is 2.07. The molecule has 1 aromatic heterocycles. The molecule has 0 bridgehead atoms. The van der Waals surface area contributed by atoms with Gasteiger partial charge in [0.15, 0.2) is 0 Å². The monoisotopic (exact) mass is 249 g/mol. The van der Waals surface area contributed by atoms with Crippen molar-refractivity contribution in [2.45, 2.75) is 25.9 Å². The molecule has 0 saturated heterocycles. The normalized spacial score (nSPS) is 14.5. The Morgan fingerprint density at radius 3 is 2.59 bits per heavy atom. The summed E-state index contributed by atoms with van der Waals surface area (Å²) >= 11 is 5.98. The Morgan fingerprint density at radius 2 is 1.94 bits per heavy atom. The Balaban J connectivity index is 2.04. The van der Waals surface area contributed by atoms with E-state index < -0.39 is 0 Å². The summed E-state index contributed by atoms with van der Waals surface area (Å²) in [5.41, 5.74) is 1.18. The smallest absolute Gasteiger partial charge is 0.120 e. The topological polar surface area (TPSA) is 25.2 Å². The summed E-state index contributed by atoms with van der Waals surface area (Å²) in [5, 5.41) is 4.24. The van der Waals surface area contributed by atoms with E-state index in [0.717, 1.165) is 10.8 Å². The molecule has 2 rings (SSSR count). The highest BCUT2D eigenvalue weighted by Crippen LogP contribution is 2.21. The fraction of sp³-hybridized carbons (Fsp3) is 0.286. The van der Waals surface area contributed by atoms with Gasteiger partial charge in [-0.3, -0.25) is 0 Å². The Bertz CT molecular complexity index is 467. The first kappa shape index (κ1) is 12.2. The van der Waals surface area contributed by atoms with E-state index in [1.165, 1.54) is 5.56 Å². The molecule has 1 heterocycles. The summed E-state index contributed by atoms with van der Waals surface area (Å²) in [6, 6.07) is 12.2. The molecule has 0 aliphatic carbocycles. The van der Waals surface area contributed by atoms with Crippen molar-refractivity contribution < 1.29 is 4.42 Å². The molecule has 90 valence electrons. The number of nitrogens with one attached hydrogen (secondary N) is 1. The third kappa shape index (κ3) is 3.11. The van der Waals surface area contributed by atoms with Gasteiger partial charge in [-0.25, -0.2) is 0 Å². The first-order valence-electron chi connectivity index (χ1n) is 5.71. The molecule has 0 amide bonds. The van der Waals surface area contributed by atoms with Crippen molar-refractivity contribution in [3.05, 3.63) is 59.0 Å². The first-order chi connectivity index (χ1) is 8.16. The van der Waals surface area contributed by atoms with Gasteiger partial charge in [-0.15, -0.1) is 0 Å². The van der Waals surface area contributed by atoms with Crippen LogP contribution in [0.15, 0.2) is 47.1 Å². The van der Waals surface area contributed by atoms with Crippen LogP contribution < -0.4 is 5.32 Å². The minimum atomic E-state index is 0.180. The SMILES string of the molecule is CC(N[C@@H](C)c1cccc(Cl)c1)c1ccco1. The Kier molecular flexibility index (Phi) is 3.87. The maximum atomic E-state index is 5.98. The van der Waals surface area contributed by atoms with Crippen LogP contribution in [0.25, 0.3) is 0 Å². The zero-order valence-electron chi connectivity index (χ0n) is 9.98. The lowest BCUT2D eigenvalue weighted by molar-refractivity contribution is 0.403. The van der Waals surface area contributed by atoms with Gasteiger partial charge in [0.25, 0.3) is 0 Å².